The fraction of sp³-hybridized carbons (Fsp3) is 0.625. The van der Waals surface area contributed by atoms with E-state index in [9.17, 15) is 0 Å². The SMILES string of the molecule is CC1CC1c1ncc(CBr)o1. The standard InChI is InChI=1S/C8H10BrNO/c1-5-2-7(5)8-10-4-6(3-9)11-8/h4-5,7H,2-3H2,1H3. The van der Waals surface area contributed by atoms with E-state index >= 15 is 0 Å². The van der Waals surface area contributed by atoms with Crippen LogP contribution in [0, 0.1) is 5.92 Å². The number of aromatic nitrogens is 1. The first-order chi connectivity index (χ1) is 5.31. The first kappa shape index (κ1) is 7.35. The second-order valence-corrected chi connectivity index (χ2v) is 3.68. The van der Waals surface area contributed by atoms with Crippen molar-refractivity contribution >= 4 is 15.9 Å². The zero-order valence-corrected chi connectivity index (χ0v) is 7.97. The highest BCUT2D eigenvalue weighted by Crippen LogP contribution is 2.46. The highest BCUT2D eigenvalue weighted by Gasteiger charge is 2.37. The third kappa shape index (κ3) is 1.34. The summed E-state index contributed by atoms with van der Waals surface area (Å²) in [5.41, 5.74) is 0. The van der Waals surface area contributed by atoms with Crippen LogP contribution in [0.15, 0.2) is 10.6 Å². The largest absolute Gasteiger partial charge is 0.445 e. The molecule has 0 aliphatic heterocycles. The number of halogens is 1. The molecule has 60 valence electrons. The molecule has 0 amide bonds. The quantitative estimate of drug-likeness (QED) is 0.710. The minimum Gasteiger partial charge on any atom is -0.445 e. The summed E-state index contributed by atoms with van der Waals surface area (Å²) < 4.78 is 5.47. The van der Waals surface area contributed by atoms with E-state index in [0.29, 0.717) is 5.92 Å². The third-order valence-corrected chi connectivity index (χ3v) is 2.68. The Bertz CT molecular complexity index is 258. The smallest absolute Gasteiger partial charge is 0.197 e. The molecule has 2 nitrogen and oxygen atoms in total. The van der Waals surface area contributed by atoms with E-state index < -0.39 is 0 Å². The van der Waals surface area contributed by atoms with Crippen LogP contribution >= 0.6 is 15.9 Å². The number of rotatable bonds is 2. The van der Waals surface area contributed by atoms with Crippen molar-refractivity contribution < 1.29 is 4.42 Å². The average molecular weight is 216 g/mol. The van der Waals surface area contributed by atoms with Gasteiger partial charge in [0.25, 0.3) is 0 Å². The van der Waals surface area contributed by atoms with Crippen LogP contribution in [0.5, 0.6) is 0 Å². The molecule has 11 heavy (non-hydrogen) atoms. The van der Waals surface area contributed by atoms with Crippen molar-refractivity contribution in [2.75, 3.05) is 0 Å². The number of alkyl halides is 1. The van der Waals surface area contributed by atoms with Crippen LogP contribution in [0.4, 0.5) is 0 Å². The van der Waals surface area contributed by atoms with Crippen molar-refractivity contribution in [3.05, 3.63) is 17.8 Å². The lowest BCUT2D eigenvalue weighted by molar-refractivity contribution is 0.466. The maximum absolute atomic E-state index is 5.47. The Morgan fingerprint density at radius 1 is 1.82 bits per heavy atom. The Balaban J connectivity index is 2.13. The van der Waals surface area contributed by atoms with Gasteiger partial charge in [0.1, 0.15) is 5.76 Å². The predicted octanol–water partition coefficient (Wildman–Crippen LogP) is 2.69. The molecule has 1 aliphatic rings. The Labute approximate surface area is 74.1 Å². The minimum absolute atomic E-state index is 0.600. The maximum atomic E-state index is 5.47. The summed E-state index contributed by atoms with van der Waals surface area (Å²) in [7, 11) is 0. The highest BCUT2D eigenvalue weighted by atomic mass is 79.9. The first-order valence-electron chi connectivity index (χ1n) is 3.82. The van der Waals surface area contributed by atoms with Crippen molar-refractivity contribution in [1.82, 2.24) is 4.98 Å². The van der Waals surface area contributed by atoms with Gasteiger partial charge in [0.05, 0.1) is 11.5 Å². The van der Waals surface area contributed by atoms with E-state index in [0.717, 1.165) is 22.9 Å². The third-order valence-electron chi connectivity index (χ3n) is 2.13. The molecule has 1 aromatic heterocycles. The molecule has 1 aromatic rings. The van der Waals surface area contributed by atoms with Crippen LogP contribution in [0.3, 0.4) is 0 Å². The minimum atomic E-state index is 0.600. The zero-order chi connectivity index (χ0) is 7.84. The molecule has 1 heterocycles. The summed E-state index contributed by atoms with van der Waals surface area (Å²) >= 11 is 3.32. The van der Waals surface area contributed by atoms with E-state index in [1.54, 1.807) is 6.20 Å². The molecule has 2 unspecified atom stereocenters. The molecule has 0 N–H and O–H groups in total. The fourth-order valence-corrected chi connectivity index (χ4v) is 1.48. The lowest BCUT2D eigenvalue weighted by atomic mass is 10.3. The van der Waals surface area contributed by atoms with Gasteiger partial charge in [-0.1, -0.05) is 22.9 Å². The molecule has 1 aliphatic carbocycles. The van der Waals surface area contributed by atoms with E-state index in [1.165, 1.54) is 6.42 Å². The molecular weight excluding hydrogens is 206 g/mol. The molecule has 0 bridgehead atoms. The molecule has 2 rings (SSSR count). The second-order valence-electron chi connectivity index (χ2n) is 3.12. The van der Waals surface area contributed by atoms with E-state index in [4.69, 9.17) is 4.42 Å². The fourth-order valence-electron chi connectivity index (χ4n) is 1.22. The summed E-state index contributed by atoms with van der Waals surface area (Å²) in [4.78, 5) is 4.20. The monoisotopic (exact) mass is 215 g/mol. The van der Waals surface area contributed by atoms with Gasteiger partial charge < -0.3 is 4.42 Å². The normalized spacial score (nSPS) is 28.9. The number of oxazole rings is 1. The van der Waals surface area contributed by atoms with E-state index in [2.05, 4.69) is 27.8 Å². The van der Waals surface area contributed by atoms with Crippen molar-refractivity contribution in [3.63, 3.8) is 0 Å². The van der Waals surface area contributed by atoms with Crippen LogP contribution in [0.2, 0.25) is 0 Å². The molecule has 1 fully saturated rings. The molecule has 3 heteroatoms. The van der Waals surface area contributed by atoms with Crippen LogP contribution < -0.4 is 0 Å². The lowest BCUT2D eigenvalue weighted by Gasteiger charge is -1.87. The molecule has 0 spiro atoms. The predicted molar refractivity (Wildman–Crippen MR) is 45.7 cm³/mol. The van der Waals surface area contributed by atoms with Crippen molar-refractivity contribution in [1.29, 1.82) is 0 Å². The van der Waals surface area contributed by atoms with Gasteiger partial charge in [0.15, 0.2) is 5.89 Å². The summed E-state index contributed by atoms with van der Waals surface area (Å²) in [6.07, 6.45) is 3.04. The summed E-state index contributed by atoms with van der Waals surface area (Å²) in [6, 6.07) is 0. The van der Waals surface area contributed by atoms with E-state index in [1.807, 2.05) is 0 Å². The summed E-state index contributed by atoms with van der Waals surface area (Å²) in [5.74, 6) is 3.23. The van der Waals surface area contributed by atoms with Crippen LogP contribution in [-0.2, 0) is 5.33 Å². The Hall–Kier alpha value is -0.310. The van der Waals surface area contributed by atoms with Crippen molar-refractivity contribution in [2.45, 2.75) is 24.6 Å². The highest BCUT2D eigenvalue weighted by molar-refractivity contribution is 9.08. The van der Waals surface area contributed by atoms with Crippen molar-refractivity contribution in [3.8, 4) is 0 Å². The Morgan fingerprint density at radius 2 is 2.55 bits per heavy atom. The molecule has 0 aromatic carbocycles. The van der Waals surface area contributed by atoms with Gasteiger partial charge in [-0.3, -0.25) is 0 Å². The van der Waals surface area contributed by atoms with Crippen LogP contribution in [0.25, 0.3) is 0 Å². The topological polar surface area (TPSA) is 26.0 Å². The average Bonchev–Trinajstić information content (AvgIpc) is 2.59. The number of hydrogen-bond acceptors (Lipinski definition) is 2. The zero-order valence-electron chi connectivity index (χ0n) is 6.38. The maximum Gasteiger partial charge on any atom is 0.197 e. The second kappa shape index (κ2) is 2.63. The molecule has 0 saturated heterocycles. The van der Waals surface area contributed by atoms with Gasteiger partial charge in [0.2, 0.25) is 0 Å². The Morgan fingerprint density at radius 3 is 3.00 bits per heavy atom. The Kier molecular flexibility index (Phi) is 1.75. The molecular formula is C8H10BrNO. The molecule has 2 atom stereocenters. The van der Waals surface area contributed by atoms with Gasteiger partial charge in [-0.15, -0.1) is 0 Å². The van der Waals surface area contributed by atoms with Crippen LogP contribution in [0.1, 0.15) is 30.9 Å². The number of hydrogen-bond donors (Lipinski definition) is 0. The van der Waals surface area contributed by atoms with Gasteiger partial charge in [-0.25, -0.2) is 4.98 Å². The first-order valence-corrected chi connectivity index (χ1v) is 4.94. The van der Waals surface area contributed by atoms with Gasteiger partial charge in [-0.2, -0.15) is 0 Å². The molecule has 0 radical (unpaired) electrons. The molecule has 1 saturated carbocycles. The summed E-state index contributed by atoms with van der Waals surface area (Å²) in [6.45, 7) is 2.22. The van der Waals surface area contributed by atoms with Gasteiger partial charge >= 0.3 is 0 Å². The van der Waals surface area contributed by atoms with E-state index in [-0.39, 0.29) is 0 Å². The number of nitrogens with zero attached hydrogens (tertiary/aromatic N) is 1. The van der Waals surface area contributed by atoms with Gasteiger partial charge in [-0.05, 0) is 12.3 Å². The van der Waals surface area contributed by atoms with Crippen LogP contribution in [-0.4, -0.2) is 4.98 Å². The summed E-state index contributed by atoms with van der Waals surface area (Å²) in [5, 5.41) is 0.765. The lowest BCUT2D eigenvalue weighted by Crippen LogP contribution is -1.77. The van der Waals surface area contributed by atoms with Gasteiger partial charge in [0, 0.05) is 5.92 Å². The van der Waals surface area contributed by atoms with Crippen molar-refractivity contribution in [2.24, 2.45) is 5.92 Å².